The summed E-state index contributed by atoms with van der Waals surface area (Å²) in [5.41, 5.74) is 2.20. The lowest BCUT2D eigenvalue weighted by Crippen LogP contribution is -2.50. The Morgan fingerprint density at radius 2 is 1.96 bits per heavy atom. The molecule has 0 saturated carbocycles. The molecule has 25 heavy (non-hydrogen) atoms. The van der Waals surface area contributed by atoms with E-state index in [0.717, 1.165) is 49.1 Å². The van der Waals surface area contributed by atoms with Crippen molar-refractivity contribution in [3.8, 4) is 5.69 Å². The smallest absolute Gasteiger partial charge is 0.235 e. The van der Waals surface area contributed by atoms with Gasteiger partial charge in [0.25, 0.3) is 0 Å². The minimum absolute atomic E-state index is 0.180. The van der Waals surface area contributed by atoms with E-state index in [4.69, 9.17) is 0 Å². The first-order chi connectivity index (χ1) is 12.1. The average Bonchev–Trinajstić information content (AvgIpc) is 3.09. The van der Waals surface area contributed by atoms with Crippen LogP contribution in [-0.4, -0.2) is 68.4 Å². The Labute approximate surface area is 153 Å². The van der Waals surface area contributed by atoms with Crippen LogP contribution >= 0.6 is 11.8 Å². The molecule has 134 valence electrons. The predicted octanol–water partition coefficient (Wildman–Crippen LogP) is 2.22. The van der Waals surface area contributed by atoms with E-state index in [-0.39, 0.29) is 11.2 Å². The summed E-state index contributed by atoms with van der Waals surface area (Å²) >= 11 is 1.47. The molecule has 1 aliphatic heterocycles. The maximum absolute atomic E-state index is 12.8. The molecule has 7 heteroatoms. The Morgan fingerprint density at radius 1 is 1.24 bits per heavy atom. The van der Waals surface area contributed by atoms with Gasteiger partial charge in [-0.05, 0) is 32.0 Å². The zero-order chi connectivity index (χ0) is 17.8. The number of rotatable bonds is 5. The lowest BCUT2D eigenvalue weighted by molar-refractivity contribution is -0.132. The van der Waals surface area contributed by atoms with E-state index in [1.54, 1.807) is 6.33 Å². The second kappa shape index (κ2) is 8.01. The molecular formula is C18H25N5OS. The maximum atomic E-state index is 12.8. The normalized spacial score (nSPS) is 16.8. The number of hydrogen-bond acceptors (Lipinski definition) is 5. The molecule has 1 aromatic carbocycles. The van der Waals surface area contributed by atoms with Gasteiger partial charge < -0.3 is 9.80 Å². The number of hydrogen-bond donors (Lipinski definition) is 0. The fourth-order valence-corrected chi connectivity index (χ4v) is 3.97. The summed E-state index contributed by atoms with van der Waals surface area (Å²) in [6.07, 6.45) is 1.71. The highest BCUT2D eigenvalue weighted by atomic mass is 32.2. The molecule has 2 heterocycles. The van der Waals surface area contributed by atoms with E-state index in [2.05, 4.69) is 35.0 Å². The van der Waals surface area contributed by atoms with Gasteiger partial charge in [0.15, 0.2) is 5.16 Å². The maximum Gasteiger partial charge on any atom is 0.235 e. The number of carbonyl (C=O) groups is 1. The average molecular weight is 359 g/mol. The molecule has 1 aromatic heterocycles. The summed E-state index contributed by atoms with van der Waals surface area (Å²) in [5, 5.41) is 8.84. The highest BCUT2D eigenvalue weighted by molar-refractivity contribution is 8.00. The summed E-state index contributed by atoms with van der Waals surface area (Å²) in [4.78, 5) is 17.1. The van der Waals surface area contributed by atoms with Gasteiger partial charge in [0, 0.05) is 26.2 Å². The second-order valence-corrected chi connectivity index (χ2v) is 7.60. The van der Waals surface area contributed by atoms with E-state index in [1.165, 1.54) is 11.8 Å². The molecule has 0 unspecified atom stereocenters. The Bertz CT molecular complexity index is 724. The fraction of sp³-hybridized carbons (Fsp3) is 0.500. The SMILES string of the molecule is CCN1CCN(C(=O)[C@H](C)Sc2nncn2-c2ccccc2C)CC1. The summed E-state index contributed by atoms with van der Waals surface area (Å²) in [6, 6.07) is 8.11. The van der Waals surface area contributed by atoms with Gasteiger partial charge in [-0.3, -0.25) is 9.36 Å². The molecule has 0 aliphatic carbocycles. The number of nitrogens with zero attached hydrogens (tertiary/aromatic N) is 5. The molecule has 0 radical (unpaired) electrons. The number of aryl methyl sites for hydroxylation is 1. The Kier molecular flexibility index (Phi) is 5.75. The number of thioether (sulfide) groups is 1. The number of piperazine rings is 1. The van der Waals surface area contributed by atoms with Crippen LogP contribution in [0.25, 0.3) is 5.69 Å². The van der Waals surface area contributed by atoms with Gasteiger partial charge in [-0.2, -0.15) is 0 Å². The Morgan fingerprint density at radius 3 is 2.64 bits per heavy atom. The Hall–Kier alpha value is -1.86. The molecule has 2 aromatic rings. The van der Waals surface area contributed by atoms with Gasteiger partial charge >= 0.3 is 0 Å². The number of benzene rings is 1. The number of aromatic nitrogens is 3. The minimum Gasteiger partial charge on any atom is -0.339 e. The molecule has 0 N–H and O–H groups in total. The van der Waals surface area contributed by atoms with Gasteiger partial charge in [0.05, 0.1) is 10.9 Å². The molecule has 1 amide bonds. The van der Waals surface area contributed by atoms with Crippen LogP contribution in [0.3, 0.4) is 0 Å². The molecule has 0 spiro atoms. The molecule has 1 saturated heterocycles. The third-order valence-corrected chi connectivity index (χ3v) is 5.70. The number of likely N-dealkylation sites (N-methyl/N-ethyl adjacent to an activating group) is 1. The first-order valence-corrected chi connectivity index (χ1v) is 9.62. The highest BCUT2D eigenvalue weighted by Gasteiger charge is 2.26. The first-order valence-electron chi connectivity index (χ1n) is 8.74. The molecule has 3 rings (SSSR count). The van der Waals surface area contributed by atoms with E-state index < -0.39 is 0 Å². The summed E-state index contributed by atoms with van der Waals surface area (Å²) < 4.78 is 1.96. The standard InChI is InChI=1S/C18H25N5OS/c1-4-21-9-11-22(12-10-21)17(24)15(3)25-18-20-19-13-23(18)16-8-6-5-7-14(16)2/h5-8,13,15H,4,9-12H2,1-3H3/t15-/m0/s1. The summed E-state index contributed by atoms with van der Waals surface area (Å²) in [5.74, 6) is 0.181. The number of amides is 1. The lowest BCUT2D eigenvalue weighted by atomic mass is 10.2. The minimum atomic E-state index is -0.180. The molecule has 0 bridgehead atoms. The van der Waals surface area contributed by atoms with Crippen LogP contribution in [0.15, 0.2) is 35.7 Å². The van der Waals surface area contributed by atoms with Crippen molar-refractivity contribution in [2.75, 3.05) is 32.7 Å². The van der Waals surface area contributed by atoms with Gasteiger partial charge in [-0.1, -0.05) is 36.9 Å². The van der Waals surface area contributed by atoms with Crippen LogP contribution in [0.4, 0.5) is 0 Å². The van der Waals surface area contributed by atoms with Crippen LogP contribution in [0.1, 0.15) is 19.4 Å². The number of carbonyl (C=O) groups excluding carboxylic acids is 1. The lowest BCUT2D eigenvalue weighted by Gasteiger charge is -2.35. The van der Waals surface area contributed by atoms with Crippen molar-refractivity contribution >= 4 is 17.7 Å². The first kappa shape index (κ1) is 17.9. The van der Waals surface area contributed by atoms with Crippen molar-refractivity contribution < 1.29 is 4.79 Å². The van der Waals surface area contributed by atoms with Crippen molar-refractivity contribution in [2.24, 2.45) is 0 Å². The fourth-order valence-electron chi connectivity index (χ4n) is 3.05. The van der Waals surface area contributed by atoms with Gasteiger partial charge in [-0.15, -0.1) is 10.2 Å². The van der Waals surface area contributed by atoms with Crippen LogP contribution in [-0.2, 0) is 4.79 Å². The largest absolute Gasteiger partial charge is 0.339 e. The van der Waals surface area contributed by atoms with Crippen LogP contribution in [0.5, 0.6) is 0 Å². The highest BCUT2D eigenvalue weighted by Crippen LogP contribution is 2.26. The van der Waals surface area contributed by atoms with E-state index in [0.29, 0.717) is 0 Å². The summed E-state index contributed by atoms with van der Waals surface area (Å²) in [7, 11) is 0. The van der Waals surface area contributed by atoms with Crippen LogP contribution < -0.4 is 0 Å². The van der Waals surface area contributed by atoms with Crippen LogP contribution in [0.2, 0.25) is 0 Å². The predicted molar refractivity (Wildman–Crippen MR) is 100 cm³/mol. The quantitative estimate of drug-likeness (QED) is 0.766. The third-order valence-electron chi connectivity index (χ3n) is 4.65. The van der Waals surface area contributed by atoms with Crippen molar-refractivity contribution in [1.82, 2.24) is 24.6 Å². The molecular weight excluding hydrogens is 334 g/mol. The zero-order valence-corrected chi connectivity index (χ0v) is 15.9. The van der Waals surface area contributed by atoms with Crippen LogP contribution in [0, 0.1) is 6.92 Å². The topological polar surface area (TPSA) is 54.3 Å². The van der Waals surface area contributed by atoms with Gasteiger partial charge in [0.1, 0.15) is 6.33 Å². The molecule has 1 atom stereocenters. The molecule has 1 fully saturated rings. The van der Waals surface area contributed by atoms with E-state index in [9.17, 15) is 4.79 Å². The van der Waals surface area contributed by atoms with Crippen molar-refractivity contribution in [3.63, 3.8) is 0 Å². The monoisotopic (exact) mass is 359 g/mol. The number of para-hydroxylation sites is 1. The molecule has 6 nitrogen and oxygen atoms in total. The van der Waals surface area contributed by atoms with E-state index >= 15 is 0 Å². The Balaban J connectivity index is 1.68. The van der Waals surface area contributed by atoms with E-state index in [1.807, 2.05) is 34.6 Å². The molecule has 1 aliphatic rings. The van der Waals surface area contributed by atoms with Gasteiger partial charge in [-0.25, -0.2) is 0 Å². The van der Waals surface area contributed by atoms with Crippen molar-refractivity contribution in [3.05, 3.63) is 36.2 Å². The van der Waals surface area contributed by atoms with Crippen molar-refractivity contribution in [2.45, 2.75) is 31.2 Å². The third kappa shape index (κ3) is 4.04. The van der Waals surface area contributed by atoms with Gasteiger partial charge in [0.2, 0.25) is 5.91 Å². The zero-order valence-electron chi connectivity index (χ0n) is 15.1. The second-order valence-electron chi connectivity index (χ2n) is 6.29. The van der Waals surface area contributed by atoms with Crippen molar-refractivity contribution in [1.29, 1.82) is 0 Å². The summed E-state index contributed by atoms with van der Waals surface area (Å²) in [6.45, 7) is 10.8.